The van der Waals surface area contributed by atoms with Crippen LogP contribution in [0.25, 0.3) is 0 Å². The Morgan fingerprint density at radius 1 is 1.38 bits per heavy atom. The van der Waals surface area contributed by atoms with Crippen molar-refractivity contribution in [3.63, 3.8) is 0 Å². The molecule has 0 amide bonds. The summed E-state index contributed by atoms with van der Waals surface area (Å²) in [5.41, 5.74) is 6.10. The van der Waals surface area contributed by atoms with E-state index in [1.807, 2.05) is 0 Å². The third-order valence-electron chi connectivity index (χ3n) is 1.50. The molecular weight excluding hydrogens is 187 g/mol. The van der Waals surface area contributed by atoms with Gasteiger partial charge in [-0.3, -0.25) is 0 Å². The van der Waals surface area contributed by atoms with E-state index in [9.17, 15) is 0 Å². The van der Waals surface area contributed by atoms with Crippen molar-refractivity contribution in [2.24, 2.45) is 5.73 Å². The van der Waals surface area contributed by atoms with E-state index >= 15 is 0 Å². The fourth-order valence-corrected chi connectivity index (χ4v) is 1.08. The first-order chi connectivity index (χ1) is 6.11. The van der Waals surface area contributed by atoms with E-state index < -0.39 is 7.12 Å². The molecule has 0 heterocycles. The van der Waals surface area contributed by atoms with Gasteiger partial charge in [-0.2, -0.15) is 0 Å². The Bertz CT molecular complexity index is 319. The van der Waals surface area contributed by atoms with Crippen molar-refractivity contribution in [3.8, 4) is 0 Å². The average molecular weight is 196 g/mol. The van der Waals surface area contributed by atoms with Crippen molar-refractivity contribution in [2.45, 2.75) is 0 Å². The molecule has 6 heteroatoms. The molecule has 1 aromatic carbocycles. The summed E-state index contributed by atoms with van der Waals surface area (Å²) >= 11 is 4.63. The van der Waals surface area contributed by atoms with Crippen molar-refractivity contribution in [3.05, 3.63) is 24.3 Å². The van der Waals surface area contributed by atoms with E-state index in [2.05, 4.69) is 17.5 Å². The average Bonchev–Trinajstić information content (AvgIpc) is 2.03. The van der Waals surface area contributed by atoms with Crippen LogP contribution in [0.5, 0.6) is 0 Å². The first-order valence-corrected chi connectivity index (χ1v) is 4.03. The second kappa shape index (κ2) is 4.22. The Kier molecular flexibility index (Phi) is 3.24. The number of thiocarbonyl (C=S) groups is 1. The van der Waals surface area contributed by atoms with Crippen molar-refractivity contribution in [1.29, 1.82) is 0 Å². The number of hydrogen-bond acceptors (Lipinski definition) is 3. The second-order valence-electron chi connectivity index (χ2n) is 2.45. The molecular formula is C7H9BN2O2S. The lowest BCUT2D eigenvalue weighted by molar-refractivity contribution is 0.426. The molecule has 0 fully saturated rings. The summed E-state index contributed by atoms with van der Waals surface area (Å²) in [6.45, 7) is 0. The molecule has 0 saturated carbocycles. The van der Waals surface area contributed by atoms with Crippen LogP contribution in [0.15, 0.2) is 24.3 Å². The molecule has 0 saturated heterocycles. The number of rotatable bonds is 2. The molecule has 0 aliphatic rings. The molecule has 4 nitrogen and oxygen atoms in total. The molecule has 1 aromatic rings. The molecule has 0 atom stereocenters. The standard InChI is InChI=1S/C7H9BN2O2S/c9-7(13)10-6-4-2-1-3-5(6)8(11)12/h1-4,11-12H,(H3,9,10,13). The first kappa shape index (κ1) is 9.98. The smallest absolute Gasteiger partial charge is 0.423 e. The second-order valence-corrected chi connectivity index (χ2v) is 2.89. The van der Waals surface area contributed by atoms with Gasteiger partial charge in [0, 0.05) is 11.2 Å². The Hall–Kier alpha value is -1.11. The maximum Gasteiger partial charge on any atom is 0.490 e. The summed E-state index contributed by atoms with van der Waals surface area (Å²) in [6.07, 6.45) is 0. The number of nitrogens with two attached hydrogens (primary N) is 1. The lowest BCUT2D eigenvalue weighted by Crippen LogP contribution is -2.34. The molecule has 0 aromatic heterocycles. The van der Waals surface area contributed by atoms with Gasteiger partial charge in [-0.1, -0.05) is 18.2 Å². The van der Waals surface area contributed by atoms with Gasteiger partial charge in [-0.05, 0) is 18.3 Å². The number of benzene rings is 1. The highest BCUT2D eigenvalue weighted by Gasteiger charge is 2.14. The normalized spacial score (nSPS) is 9.38. The Labute approximate surface area is 81.5 Å². The topological polar surface area (TPSA) is 78.5 Å². The van der Waals surface area contributed by atoms with E-state index in [0.29, 0.717) is 11.2 Å². The van der Waals surface area contributed by atoms with E-state index in [4.69, 9.17) is 15.8 Å². The Morgan fingerprint density at radius 2 is 2.00 bits per heavy atom. The summed E-state index contributed by atoms with van der Waals surface area (Å²) < 4.78 is 0. The summed E-state index contributed by atoms with van der Waals surface area (Å²) in [5.74, 6) is 0. The van der Waals surface area contributed by atoms with Crippen LogP contribution in [0.2, 0.25) is 0 Å². The van der Waals surface area contributed by atoms with Gasteiger partial charge in [0.05, 0.1) is 0 Å². The van der Waals surface area contributed by atoms with Crippen LogP contribution < -0.4 is 16.5 Å². The number of anilines is 1. The zero-order chi connectivity index (χ0) is 9.84. The van der Waals surface area contributed by atoms with Gasteiger partial charge < -0.3 is 21.1 Å². The molecule has 0 bridgehead atoms. The van der Waals surface area contributed by atoms with Gasteiger partial charge in [0.1, 0.15) is 0 Å². The van der Waals surface area contributed by atoms with E-state index in [-0.39, 0.29) is 5.11 Å². The fraction of sp³-hybridized carbons (Fsp3) is 0. The van der Waals surface area contributed by atoms with Crippen molar-refractivity contribution in [1.82, 2.24) is 0 Å². The molecule has 0 spiro atoms. The molecule has 68 valence electrons. The molecule has 0 radical (unpaired) electrons. The highest BCUT2D eigenvalue weighted by molar-refractivity contribution is 7.80. The monoisotopic (exact) mass is 196 g/mol. The predicted octanol–water partition coefficient (Wildman–Crippen LogP) is -0.978. The maximum absolute atomic E-state index is 8.95. The van der Waals surface area contributed by atoms with E-state index in [1.54, 1.807) is 24.3 Å². The third-order valence-corrected chi connectivity index (χ3v) is 1.60. The minimum absolute atomic E-state index is 0.0908. The van der Waals surface area contributed by atoms with Crippen LogP contribution >= 0.6 is 12.2 Å². The molecule has 5 N–H and O–H groups in total. The molecule has 0 aliphatic carbocycles. The molecule has 0 aliphatic heterocycles. The lowest BCUT2D eigenvalue weighted by Gasteiger charge is -2.09. The third kappa shape index (κ3) is 2.69. The summed E-state index contributed by atoms with van der Waals surface area (Å²) in [6, 6.07) is 6.67. The quantitative estimate of drug-likeness (QED) is 0.361. The summed E-state index contributed by atoms with van der Waals surface area (Å²) in [5, 5.41) is 20.6. The van der Waals surface area contributed by atoms with Crippen molar-refractivity contribution < 1.29 is 10.0 Å². The fourth-order valence-electron chi connectivity index (χ4n) is 0.969. The minimum atomic E-state index is -1.53. The number of nitrogens with one attached hydrogen (secondary N) is 1. The van der Waals surface area contributed by atoms with E-state index in [0.717, 1.165) is 0 Å². The minimum Gasteiger partial charge on any atom is -0.423 e. The lowest BCUT2D eigenvalue weighted by atomic mass is 9.79. The highest BCUT2D eigenvalue weighted by Crippen LogP contribution is 2.02. The van der Waals surface area contributed by atoms with Gasteiger partial charge in [0.25, 0.3) is 0 Å². The maximum atomic E-state index is 8.95. The van der Waals surface area contributed by atoms with Crippen LogP contribution in [-0.4, -0.2) is 22.3 Å². The van der Waals surface area contributed by atoms with Gasteiger partial charge in [0.2, 0.25) is 0 Å². The van der Waals surface area contributed by atoms with Crippen LogP contribution in [0, 0.1) is 0 Å². The largest absolute Gasteiger partial charge is 0.490 e. The van der Waals surface area contributed by atoms with Crippen LogP contribution in [0.3, 0.4) is 0 Å². The van der Waals surface area contributed by atoms with Crippen LogP contribution in [-0.2, 0) is 0 Å². The first-order valence-electron chi connectivity index (χ1n) is 3.63. The Morgan fingerprint density at radius 3 is 2.54 bits per heavy atom. The van der Waals surface area contributed by atoms with Gasteiger partial charge in [-0.25, -0.2) is 0 Å². The predicted molar refractivity (Wildman–Crippen MR) is 56.7 cm³/mol. The molecule has 1 rings (SSSR count). The molecule has 0 unspecified atom stereocenters. The zero-order valence-electron chi connectivity index (χ0n) is 6.77. The number of para-hydroxylation sites is 1. The van der Waals surface area contributed by atoms with Crippen molar-refractivity contribution in [2.75, 3.05) is 5.32 Å². The highest BCUT2D eigenvalue weighted by atomic mass is 32.1. The van der Waals surface area contributed by atoms with Crippen LogP contribution in [0.4, 0.5) is 5.69 Å². The summed E-state index contributed by atoms with van der Waals surface area (Å²) in [4.78, 5) is 0. The summed E-state index contributed by atoms with van der Waals surface area (Å²) in [7, 11) is -1.53. The SMILES string of the molecule is NC(=S)Nc1ccccc1B(O)O. The zero-order valence-corrected chi connectivity index (χ0v) is 7.58. The number of hydrogen-bond donors (Lipinski definition) is 4. The van der Waals surface area contributed by atoms with Crippen molar-refractivity contribution >= 4 is 35.6 Å². The Balaban J connectivity index is 2.97. The van der Waals surface area contributed by atoms with E-state index in [1.165, 1.54) is 0 Å². The molecule has 13 heavy (non-hydrogen) atoms. The van der Waals surface area contributed by atoms with Gasteiger partial charge >= 0.3 is 7.12 Å². The van der Waals surface area contributed by atoms with Gasteiger partial charge in [0.15, 0.2) is 5.11 Å². The van der Waals surface area contributed by atoms with Gasteiger partial charge in [-0.15, -0.1) is 0 Å². The van der Waals surface area contributed by atoms with Crippen LogP contribution in [0.1, 0.15) is 0 Å².